The van der Waals surface area contributed by atoms with Gasteiger partial charge in [0.1, 0.15) is 6.10 Å². The lowest BCUT2D eigenvalue weighted by atomic mass is 9.64. The van der Waals surface area contributed by atoms with E-state index in [2.05, 4.69) is 23.8 Å². The van der Waals surface area contributed by atoms with Crippen molar-refractivity contribution in [1.29, 1.82) is 0 Å². The van der Waals surface area contributed by atoms with Crippen LogP contribution in [-0.2, 0) is 14.3 Å². The minimum atomic E-state index is -2.89. The number of Topliss-reactive ketones (excluding diaryl/α,β-unsaturated/α-hetero) is 1. The van der Waals surface area contributed by atoms with Crippen LogP contribution in [-0.4, -0.2) is 45.6 Å². The Morgan fingerprint density at radius 1 is 1.16 bits per heavy atom. The van der Waals surface area contributed by atoms with E-state index in [-0.39, 0.29) is 6.42 Å². The Hall–Kier alpha value is -1.24. The molecule has 1 unspecified atom stereocenters. The van der Waals surface area contributed by atoms with Crippen LogP contribution in [0.25, 0.3) is 0 Å². The van der Waals surface area contributed by atoms with E-state index in [4.69, 9.17) is 0 Å². The molecule has 2 saturated carbocycles. The monoisotopic (exact) mass is 452 g/mol. The number of hydrogen-bond donors (Lipinski definition) is 3. The number of allylic oxidation sites excluding steroid dienone is 2. The Labute approximate surface area is 193 Å². The molecule has 0 saturated heterocycles. The third kappa shape index (κ3) is 7.96. The topological polar surface area (TPSA) is 104 Å². The zero-order chi connectivity index (χ0) is 23.6. The van der Waals surface area contributed by atoms with Gasteiger partial charge in [-0.2, -0.15) is 0 Å². The molecular formula is C26H44O6. The van der Waals surface area contributed by atoms with Crippen LogP contribution in [0, 0.1) is 17.3 Å². The highest BCUT2D eigenvalue weighted by Gasteiger charge is 2.41. The maximum atomic E-state index is 11.8. The number of aliphatic hydroxyl groups excluding tert-OH is 1. The molecule has 0 aromatic carbocycles. The van der Waals surface area contributed by atoms with Crippen LogP contribution >= 0.6 is 0 Å². The van der Waals surface area contributed by atoms with Crippen molar-refractivity contribution < 1.29 is 29.6 Å². The fourth-order valence-corrected chi connectivity index (χ4v) is 5.36. The maximum Gasteiger partial charge on any atom is 0.303 e. The Morgan fingerprint density at radius 2 is 1.91 bits per heavy atom. The number of esters is 1. The fraction of sp³-hybridized carbons (Fsp3) is 0.846. The van der Waals surface area contributed by atoms with Crippen molar-refractivity contribution in [2.45, 2.75) is 116 Å². The highest BCUT2D eigenvalue weighted by molar-refractivity contribution is 5.88. The summed E-state index contributed by atoms with van der Waals surface area (Å²) in [6.45, 7) is 2.64. The predicted octanol–water partition coefficient (Wildman–Crippen LogP) is 4.44. The van der Waals surface area contributed by atoms with Crippen LogP contribution in [0.5, 0.6) is 0 Å². The van der Waals surface area contributed by atoms with E-state index >= 15 is 0 Å². The van der Waals surface area contributed by atoms with Gasteiger partial charge in [0.15, 0.2) is 6.61 Å². The minimum Gasteiger partial charge on any atom is -0.458 e. The SMILES string of the molecule is CCCCC1(CC=C[C@H]2CCC[C@@H]2CCCCC(O)C(O)(O)C(=O)COC(C)=O)CCC1. The lowest BCUT2D eigenvalue weighted by Crippen LogP contribution is -2.51. The average Bonchev–Trinajstić information content (AvgIpc) is 3.17. The maximum absolute atomic E-state index is 11.8. The number of carbonyl (C=O) groups excluding carboxylic acids is 2. The standard InChI is InChI=1S/C26H44O6/c1-3-4-15-25(17-9-18-25)16-8-13-22-12-7-11-21(22)10-5-6-14-23(28)26(30,31)24(29)19-32-20(2)27/h8,13,21-23,28,30-31H,3-7,9-12,14-19H2,1-2H3/t21-,22+,23?/m0/s1. The Balaban J connectivity index is 1.70. The van der Waals surface area contributed by atoms with E-state index in [0.717, 1.165) is 19.8 Å². The zero-order valence-corrected chi connectivity index (χ0v) is 20.1. The lowest BCUT2D eigenvalue weighted by molar-refractivity contribution is -0.223. The first-order valence-electron chi connectivity index (χ1n) is 12.7. The van der Waals surface area contributed by atoms with Gasteiger partial charge in [-0.05, 0) is 68.6 Å². The number of carbonyl (C=O) groups is 2. The molecule has 32 heavy (non-hydrogen) atoms. The molecule has 2 aliphatic carbocycles. The van der Waals surface area contributed by atoms with E-state index in [1.54, 1.807) is 0 Å². The third-order valence-corrected chi connectivity index (χ3v) is 7.71. The number of hydrogen-bond acceptors (Lipinski definition) is 6. The van der Waals surface area contributed by atoms with Crippen LogP contribution in [0.4, 0.5) is 0 Å². The summed E-state index contributed by atoms with van der Waals surface area (Å²) >= 11 is 0. The molecule has 3 atom stereocenters. The fourth-order valence-electron chi connectivity index (χ4n) is 5.36. The molecule has 0 aromatic rings. The summed E-state index contributed by atoms with van der Waals surface area (Å²) in [7, 11) is 0. The van der Waals surface area contributed by atoms with Crippen LogP contribution < -0.4 is 0 Å². The summed E-state index contributed by atoms with van der Waals surface area (Å²) in [5.41, 5.74) is 0.574. The van der Waals surface area contributed by atoms with Crippen molar-refractivity contribution in [3.05, 3.63) is 12.2 Å². The van der Waals surface area contributed by atoms with E-state index in [9.17, 15) is 24.9 Å². The molecule has 0 spiro atoms. The smallest absolute Gasteiger partial charge is 0.303 e. The quantitative estimate of drug-likeness (QED) is 0.147. The van der Waals surface area contributed by atoms with E-state index in [1.807, 2.05) is 0 Å². The highest BCUT2D eigenvalue weighted by atomic mass is 16.6. The van der Waals surface area contributed by atoms with Gasteiger partial charge in [-0.3, -0.25) is 9.59 Å². The van der Waals surface area contributed by atoms with Gasteiger partial charge in [0.25, 0.3) is 5.79 Å². The van der Waals surface area contributed by atoms with Gasteiger partial charge in [0.2, 0.25) is 5.78 Å². The van der Waals surface area contributed by atoms with Crippen molar-refractivity contribution in [2.24, 2.45) is 17.3 Å². The molecule has 0 amide bonds. The Morgan fingerprint density at radius 3 is 2.53 bits per heavy atom. The molecular weight excluding hydrogens is 408 g/mol. The molecule has 0 bridgehead atoms. The summed E-state index contributed by atoms with van der Waals surface area (Å²) in [6.07, 6.45) is 19.0. The van der Waals surface area contributed by atoms with Crippen LogP contribution in [0.1, 0.15) is 104 Å². The van der Waals surface area contributed by atoms with Gasteiger partial charge in [-0.1, -0.05) is 57.6 Å². The summed E-state index contributed by atoms with van der Waals surface area (Å²) in [5.74, 6) is -3.40. The van der Waals surface area contributed by atoms with Crippen molar-refractivity contribution in [3.8, 4) is 0 Å². The van der Waals surface area contributed by atoms with Gasteiger partial charge in [-0.25, -0.2) is 0 Å². The highest BCUT2D eigenvalue weighted by Crippen LogP contribution is 2.48. The van der Waals surface area contributed by atoms with E-state index in [0.29, 0.717) is 23.7 Å². The summed E-state index contributed by atoms with van der Waals surface area (Å²) in [4.78, 5) is 22.6. The van der Waals surface area contributed by atoms with Crippen molar-refractivity contribution in [1.82, 2.24) is 0 Å². The van der Waals surface area contributed by atoms with E-state index < -0.39 is 30.3 Å². The molecule has 2 aliphatic rings. The first kappa shape index (κ1) is 27.0. The van der Waals surface area contributed by atoms with Crippen LogP contribution in [0.2, 0.25) is 0 Å². The minimum absolute atomic E-state index is 0.117. The average molecular weight is 453 g/mol. The first-order valence-corrected chi connectivity index (χ1v) is 12.7. The molecule has 184 valence electrons. The van der Waals surface area contributed by atoms with Gasteiger partial charge in [-0.15, -0.1) is 0 Å². The lowest BCUT2D eigenvalue weighted by Gasteiger charge is -2.41. The normalized spacial score (nSPS) is 23.8. The first-order chi connectivity index (χ1) is 15.2. The summed E-state index contributed by atoms with van der Waals surface area (Å²) in [5, 5.41) is 29.9. The number of aliphatic hydroxyl groups is 3. The second-order valence-electron chi connectivity index (χ2n) is 10.2. The van der Waals surface area contributed by atoms with Gasteiger partial charge in [0.05, 0.1) is 0 Å². The molecule has 6 heteroatoms. The molecule has 0 aliphatic heterocycles. The molecule has 2 fully saturated rings. The predicted molar refractivity (Wildman–Crippen MR) is 124 cm³/mol. The molecule has 6 nitrogen and oxygen atoms in total. The molecule has 0 radical (unpaired) electrons. The Bertz CT molecular complexity index is 622. The number of unbranched alkanes of at least 4 members (excludes halogenated alkanes) is 2. The molecule has 0 aromatic heterocycles. The number of ketones is 1. The van der Waals surface area contributed by atoms with Crippen molar-refractivity contribution in [3.63, 3.8) is 0 Å². The summed E-state index contributed by atoms with van der Waals surface area (Å²) < 4.78 is 4.50. The third-order valence-electron chi connectivity index (χ3n) is 7.71. The van der Waals surface area contributed by atoms with Gasteiger partial charge in [0, 0.05) is 6.92 Å². The van der Waals surface area contributed by atoms with Crippen LogP contribution in [0.15, 0.2) is 12.2 Å². The number of rotatable bonds is 15. The van der Waals surface area contributed by atoms with Crippen molar-refractivity contribution >= 4 is 11.8 Å². The summed E-state index contributed by atoms with van der Waals surface area (Å²) in [6, 6.07) is 0. The van der Waals surface area contributed by atoms with Gasteiger partial charge < -0.3 is 20.1 Å². The van der Waals surface area contributed by atoms with Gasteiger partial charge >= 0.3 is 5.97 Å². The zero-order valence-electron chi connectivity index (χ0n) is 20.1. The second kappa shape index (κ2) is 12.9. The van der Waals surface area contributed by atoms with Crippen molar-refractivity contribution in [2.75, 3.05) is 6.61 Å². The molecule has 2 rings (SSSR count). The van der Waals surface area contributed by atoms with E-state index in [1.165, 1.54) is 64.2 Å². The number of ether oxygens (including phenoxy) is 1. The van der Waals surface area contributed by atoms with Crippen LogP contribution in [0.3, 0.4) is 0 Å². The Kier molecular flexibility index (Phi) is 10.8. The second-order valence-corrected chi connectivity index (χ2v) is 10.2. The molecule has 0 heterocycles. The molecule has 3 N–H and O–H groups in total. The largest absolute Gasteiger partial charge is 0.458 e.